The average molecular weight is 680 g/mol. The number of para-hydroxylation sites is 2. The molecule has 4 aromatic rings. The minimum Gasteiger partial charge on any atom is -0.485 e. The SMILES string of the molecule is CCCCN(CCCC)C(=O)c1cc(C)n(-c2ccc(NC(=O)[C@@H]3COc4ccccc4O3)cc2C(=O)N2Cc3ccccc3C[C@H]2CO)n1. The van der Waals surface area contributed by atoms with Crippen molar-refractivity contribution < 1.29 is 29.0 Å². The van der Waals surface area contributed by atoms with Gasteiger partial charge in [-0.15, -0.1) is 0 Å². The van der Waals surface area contributed by atoms with Crippen molar-refractivity contribution >= 4 is 23.4 Å². The number of fused-ring (bicyclic) bond motifs is 2. The molecular formula is C39H45N5O6. The molecule has 3 amide bonds. The van der Waals surface area contributed by atoms with Gasteiger partial charge in [-0.2, -0.15) is 5.10 Å². The van der Waals surface area contributed by atoms with Crippen molar-refractivity contribution in [2.45, 2.75) is 71.6 Å². The number of rotatable bonds is 12. The lowest BCUT2D eigenvalue weighted by atomic mass is 9.93. The van der Waals surface area contributed by atoms with E-state index in [-0.39, 0.29) is 30.6 Å². The third kappa shape index (κ3) is 7.38. The topological polar surface area (TPSA) is 126 Å². The number of amides is 3. The zero-order valence-electron chi connectivity index (χ0n) is 28.9. The third-order valence-electron chi connectivity index (χ3n) is 9.31. The van der Waals surface area contributed by atoms with Crippen LogP contribution in [0, 0.1) is 6.92 Å². The van der Waals surface area contributed by atoms with Gasteiger partial charge in [0.2, 0.25) is 6.10 Å². The van der Waals surface area contributed by atoms with E-state index in [1.807, 2.05) is 48.2 Å². The van der Waals surface area contributed by atoms with E-state index in [0.29, 0.717) is 60.3 Å². The molecule has 11 nitrogen and oxygen atoms in total. The van der Waals surface area contributed by atoms with E-state index in [4.69, 9.17) is 14.6 Å². The van der Waals surface area contributed by atoms with Crippen molar-refractivity contribution in [2.75, 3.05) is 31.6 Å². The van der Waals surface area contributed by atoms with Gasteiger partial charge in [0.05, 0.1) is 23.9 Å². The zero-order chi connectivity index (χ0) is 35.2. The van der Waals surface area contributed by atoms with E-state index in [1.165, 1.54) is 0 Å². The number of anilines is 1. The monoisotopic (exact) mass is 679 g/mol. The Balaban J connectivity index is 1.34. The number of aliphatic hydroxyl groups is 1. The van der Waals surface area contributed by atoms with Gasteiger partial charge in [-0.05, 0) is 73.7 Å². The van der Waals surface area contributed by atoms with Crippen LogP contribution in [0.5, 0.6) is 11.5 Å². The highest BCUT2D eigenvalue weighted by Gasteiger charge is 2.33. The van der Waals surface area contributed by atoms with Crippen molar-refractivity contribution in [1.29, 1.82) is 0 Å². The van der Waals surface area contributed by atoms with Gasteiger partial charge in [0.25, 0.3) is 17.7 Å². The van der Waals surface area contributed by atoms with Crippen LogP contribution in [0.15, 0.2) is 72.8 Å². The normalized spacial score (nSPS) is 16.4. The summed E-state index contributed by atoms with van der Waals surface area (Å²) in [6.07, 6.45) is 3.36. The molecule has 0 bridgehead atoms. The number of carbonyl (C=O) groups excluding carboxylic acids is 3. The number of nitrogens with one attached hydrogen (secondary N) is 1. The molecule has 0 saturated carbocycles. The maximum absolute atomic E-state index is 14.6. The molecule has 2 aliphatic heterocycles. The number of benzene rings is 3. The predicted molar refractivity (Wildman–Crippen MR) is 190 cm³/mol. The van der Waals surface area contributed by atoms with Crippen LogP contribution in [0.25, 0.3) is 5.69 Å². The summed E-state index contributed by atoms with van der Waals surface area (Å²) in [4.78, 5) is 45.2. The molecule has 2 aliphatic rings. The molecule has 11 heteroatoms. The van der Waals surface area contributed by atoms with E-state index in [1.54, 1.807) is 46.0 Å². The Morgan fingerprint density at radius 2 is 1.64 bits per heavy atom. The lowest BCUT2D eigenvalue weighted by molar-refractivity contribution is -0.125. The van der Waals surface area contributed by atoms with Crippen LogP contribution < -0.4 is 14.8 Å². The molecule has 2 atom stereocenters. The molecule has 0 spiro atoms. The van der Waals surface area contributed by atoms with Gasteiger partial charge in [0.1, 0.15) is 6.61 Å². The van der Waals surface area contributed by atoms with Crippen LogP contribution in [-0.4, -0.2) is 80.9 Å². The highest BCUT2D eigenvalue weighted by atomic mass is 16.6. The minimum absolute atomic E-state index is 0.0366. The first-order valence-corrected chi connectivity index (χ1v) is 17.5. The van der Waals surface area contributed by atoms with Crippen LogP contribution in [0.1, 0.15) is 77.2 Å². The Labute approximate surface area is 292 Å². The Morgan fingerprint density at radius 1 is 0.940 bits per heavy atom. The van der Waals surface area contributed by atoms with Crippen LogP contribution >= 0.6 is 0 Å². The van der Waals surface area contributed by atoms with Crippen molar-refractivity contribution in [3.63, 3.8) is 0 Å². The molecule has 0 aliphatic carbocycles. The minimum atomic E-state index is -0.897. The van der Waals surface area contributed by atoms with Crippen molar-refractivity contribution in [3.05, 3.63) is 101 Å². The molecular weight excluding hydrogens is 634 g/mol. The first-order chi connectivity index (χ1) is 24.3. The van der Waals surface area contributed by atoms with Gasteiger partial charge in [0.15, 0.2) is 17.2 Å². The number of nitrogens with zero attached hydrogens (tertiary/aromatic N) is 4. The highest BCUT2D eigenvalue weighted by molar-refractivity contribution is 6.01. The first-order valence-electron chi connectivity index (χ1n) is 17.5. The van der Waals surface area contributed by atoms with Gasteiger partial charge in [-0.1, -0.05) is 63.1 Å². The smallest absolute Gasteiger partial charge is 0.274 e. The van der Waals surface area contributed by atoms with Gasteiger partial charge >= 0.3 is 0 Å². The summed E-state index contributed by atoms with van der Waals surface area (Å²) in [5, 5.41) is 18.0. The summed E-state index contributed by atoms with van der Waals surface area (Å²) in [7, 11) is 0. The molecule has 0 radical (unpaired) electrons. The fourth-order valence-corrected chi connectivity index (χ4v) is 6.48. The molecule has 262 valence electrons. The first kappa shape index (κ1) is 34.7. The van der Waals surface area contributed by atoms with E-state index in [0.717, 1.165) is 36.8 Å². The Kier molecular flexibility index (Phi) is 10.8. The van der Waals surface area contributed by atoms with Crippen LogP contribution in [0.4, 0.5) is 5.69 Å². The van der Waals surface area contributed by atoms with E-state index < -0.39 is 18.1 Å². The number of carbonyl (C=O) groups is 3. The number of hydrogen-bond acceptors (Lipinski definition) is 7. The summed E-state index contributed by atoms with van der Waals surface area (Å²) in [6, 6.07) is 21.4. The quantitative estimate of drug-likeness (QED) is 0.201. The molecule has 0 fully saturated rings. The number of hydrogen-bond donors (Lipinski definition) is 2. The Hall–Kier alpha value is -5.16. The summed E-state index contributed by atoms with van der Waals surface area (Å²) in [5.74, 6) is 0.156. The number of aliphatic hydroxyl groups excluding tert-OH is 1. The Morgan fingerprint density at radius 3 is 2.36 bits per heavy atom. The van der Waals surface area contributed by atoms with Gasteiger partial charge in [-0.25, -0.2) is 4.68 Å². The molecule has 3 heterocycles. The summed E-state index contributed by atoms with van der Waals surface area (Å²) in [5.41, 5.74) is 4.20. The highest BCUT2D eigenvalue weighted by Crippen LogP contribution is 2.32. The predicted octanol–water partition coefficient (Wildman–Crippen LogP) is 5.56. The molecule has 50 heavy (non-hydrogen) atoms. The van der Waals surface area contributed by atoms with E-state index in [9.17, 15) is 19.5 Å². The maximum atomic E-state index is 14.6. The number of ether oxygens (including phenoxy) is 2. The van der Waals surface area contributed by atoms with E-state index in [2.05, 4.69) is 19.2 Å². The van der Waals surface area contributed by atoms with Crippen LogP contribution in [-0.2, 0) is 17.8 Å². The molecule has 0 unspecified atom stereocenters. The fourth-order valence-electron chi connectivity index (χ4n) is 6.48. The molecule has 1 aromatic heterocycles. The maximum Gasteiger partial charge on any atom is 0.274 e. The van der Waals surface area contributed by atoms with Gasteiger partial charge in [-0.3, -0.25) is 14.4 Å². The average Bonchev–Trinajstić information content (AvgIpc) is 3.54. The number of aromatic nitrogens is 2. The standard InChI is InChI=1S/C39H45N5O6/c1-4-6-18-42(19-7-5-2)39(48)32-20-26(3)44(41-32)33-17-16-29(40-37(46)36-25-49-34-14-10-11-15-35(34)50-36)22-31(33)38(47)43-23-28-13-9-8-12-27(28)21-30(43)24-45/h8-17,20,22,30,36,45H,4-7,18-19,21,23-25H2,1-3H3,(H,40,46)/t30-,36-/m0/s1. The van der Waals surface area contributed by atoms with Crippen LogP contribution in [0.3, 0.4) is 0 Å². The molecule has 0 saturated heterocycles. The molecule has 6 rings (SSSR count). The fraction of sp³-hybridized carbons (Fsp3) is 0.385. The van der Waals surface area contributed by atoms with Gasteiger partial charge < -0.3 is 29.7 Å². The van der Waals surface area contributed by atoms with Crippen LogP contribution in [0.2, 0.25) is 0 Å². The number of aryl methyl sites for hydroxylation is 1. The lowest BCUT2D eigenvalue weighted by Crippen LogP contribution is -2.46. The summed E-state index contributed by atoms with van der Waals surface area (Å²) < 4.78 is 13.3. The third-order valence-corrected chi connectivity index (χ3v) is 9.31. The van der Waals surface area contributed by atoms with Crippen molar-refractivity contribution in [3.8, 4) is 17.2 Å². The number of unbranched alkanes of at least 4 members (excludes halogenated alkanes) is 2. The second kappa shape index (κ2) is 15.6. The van der Waals surface area contributed by atoms with Crippen molar-refractivity contribution in [1.82, 2.24) is 19.6 Å². The second-order valence-electron chi connectivity index (χ2n) is 12.9. The largest absolute Gasteiger partial charge is 0.485 e. The summed E-state index contributed by atoms with van der Waals surface area (Å²) >= 11 is 0. The zero-order valence-corrected chi connectivity index (χ0v) is 28.9. The van der Waals surface area contributed by atoms with E-state index >= 15 is 0 Å². The molecule has 3 aromatic carbocycles. The second-order valence-corrected chi connectivity index (χ2v) is 12.9. The lowest BCUT2D eigenvalue weighted by Gasteiger charge is -2.36. The Bertz CT molecular complexity index is 1850. The van der Waals surface area contributed by atoms with Crippen molar-refractivity contribution in [2.24, 2.45) is 0 Å². The van der Waals surface area contributed by atoms with Gasteiger partial charge in [0, 0.05) is 31.0 Å². The summed E-state index contributed by atoms with van der Waals surface area (Å²) in [6.45, 7) is 7.49. The molecule has 2 N–H and O–H groups in total.